The molecule has 0 aromatic rings. The van der Waals surface area contributed by atoms with Crippen LogP contribution in [0.4, 0.5) is 0 Å². The maximum atomic E-state index is 10.9. The summed E-state index contributed by atoms with van der Waals surface area (Å²) >= 11 is 0. The van der Waals surface area contributed by atoms with Crippen molar-refractivity contribution >= 4 is 20.5 Å². The van der Waals surface area contributed by atoms with Gasteiger partial charge >= 0.3 is 20.5 Å². The maximum absolute atomic E-state index is 10.9. The largest absolute Gasteiger partial charge is 0.481 e. The van der Waals surface area contributed by atoms with Crippen molar-refractivity contribution in [2.45, 2.75) is 44.7 Å². The van der Waals surface area contributed by atoms with Crippen LogP contribution in [0.2, 0.25) is 12.6 Å². The summed E-state index contributed by atoms with van der Waals surface area (Å²) in [5.74, 6) is -2.88. The van der Waals surface area contributed by atoms with Gasteiger partial charge in [0.05, 0.1) is 12.3 Å². The molecule has 1 atom stereocenters. The van der Waals surface area contributed by atoms with Gasteiger partial charge in [0.25, 0.3) is 0 Å². The normalized spacial score (nSPS) is 13.2. The lowest BCUT2D eigenvalue weighted by atomic mass is 9.98. The van der Waals surface area contributed by atoms with Crippen LogP contribution in [0.1, 0.15) is 32.1 Å². The lowest BCUT2D eigenvalue weighted by Crippen LogP contribution is -2.35. The molecule has 7 heteroatoms. The highest BCUT2D eigenvalue weighted by atomic mass is 28.4. The molecule has 1 unspecified atom stereocenters. The molecule has 0 aliphatic heterocycles. The quantitative estimate of drug-likeness (QED) is 0.447. The Bertz CT molecular complexity index is 290. The summed E-state index contributed by atoms with van der Waals surface area (Å²) in [6, 6.07) is 0.858. The van der Waals surface area contributed by atoms with Crippen molar-refractivity contribution in [3.8, 4) is 0 Å². The Hall–Kier alpha value is -0.923. The first-order valence-electron chi connectivity index (χ1n) is 6.39. The lowest BCUT2D eigenvalue weighted by Gasteiger charge is -2.22. The summed E-state index contributed by atoms with van der Waals surface area (Å²) in [5, 5.41) is 17.5. The maximum Gasteiger partial charge on any atom is 0.334 e. The third-order valence-corrected chi connectivity index (χ3v) is 6.31. The van der Waals surface area contributed by atoms with E-state index in [9.17, 15) is 9.59 Å². The molecule has 0 amide bonds. The molecule has 0 spiro atoms. The monoisotopic (exact) mass is 292 g/mol. The smallest absolute Gasteiger partial charge is 0.334 e. The van der Waals surface area contributed by atoms with E-state index in [4.69, 9.17) is 19.1 Å². The van der Waals surface area contributed by atoms with E-state index in [0.717, 1.165) is 18.9 Å². The van der Waals surface area contributed by atoms with Crippen LogP contribution in [-0.4, -0.2) is 44.9 Å². The van der Waals surface area contributed by atoms with Crippen LogP contribution in [0.15, 0.2) is 0 Å². The van der Waals surface area contributed by atoms with Gasteiger partial charge in [-0.25, -0.2) is 0 Å². The summed E-state index contributed by atoms with van der Waals surface area (Å²) in [6.45, 7) is 1.98. The molecule has 112 valence electrons. The number of hydrogen-bond donors (Lipinski definition) is 2. The van der Waals surface area contributed by atoms with Crippen molar-refractivity contribution in [3.63, 3.8) is 0 Å². The van der Waals surface area contributed by atoms with Crippen LogP contribution >= 0.6 is 0 Å². The molecule has 0 aliphatic carbocycles. The van der Waals surface area contributed by atoms with Crippen LogP contribution in [0.5, 0.6) is 0 Å². The first kappa shape index (κ1) is 18.1. The zero-order valence-electron chi connectivity index (χ0n) is 11.8. The summed E-state index contributed by atoms with van der Waals surface area (Å²) < 4.78 is 10.7. The predicted octanol–water partition coefficient (Wildman–Crippen LogP) is 2.09. The minimum atomic E-state index is -2.03. The van der Waals surface area contributed by atoms with Crippen LogP contribution in [-0.2, 0) is 18.4 Å². The molecule has 6 nitrogen and oxygen atoms in total. The highest BCUT2D eigenvalue weighted by molar-refractivity contribution is 6.65. The lowest BCUT2D eigenvalue weighted by molar-refractivity contribution is -0.148. The van der Waals surface area contributed by atoms with E-state index in [1.807, 2.05) is 6.55 Å². The van der Waals surface area contributed by atoms with E-state index in [-0.39, 0.29) is 6.42 Å². The Morgan fingerprint density at radius 2 is 1.68 bits per heavy atom. The zero-order valence-corrected chi connectivity index (χ0v) is 12.8. The molecule has 0 rings (SSSR count). The minimum Gasteiger partial charge on any atom is -0.481 e. The topological polar surface area (TPSA) is 93.1 Å². The SMILES string of the molecule is CO[Si](C)(CCCCCC(CC(=O)O)C(=O)O)OC. The number of carboxylic acids is 2. The molecule has 0 aliphatic rings. The third kappa shape index (κ3) is 7.96. The molecular weight excluding hydrogens is 268 g/mol. The number of rotatable bonds is 11. The zero-order chi connectivity index (χ0) is 14.9. The highest BCUT2D eigenvalue weighted by Crippen LogP contribution is 2.19. The molecular formula is C12H24O6Si. The Morgan fingerprint density at radius 3 is 2.11 bits per heavy atom. The second-order valence-corrected chi connectivity index (χ2v) is 8.36. The van der Waals surface area contributed by atoms with Gasteiger partial charge in [0.15, 0.2) is 0 Å². The van der Waals surface area contributed by atoms with Gasteiger partial charge in [-0.1, -0.05) is 19.3 Å². The molecule has 0 fully saturated rings. The van der Waals surface area contributed by atoms with E-state index in [1.165, 1.54) is 0 Å². The Kier molecular flexibility index (Phi) is 8.62. The Balaban J connectivity index is 3.89. The van der Waals surface area contributed by atoms with Crippen LogP contribution in [0.25, 0.3) is 0 Å². The number of hydrogen-bond acceptors (Lipinski definition) is 4. The van der Waals surface area contributed by atoms with Gasteiger partial charge in [0.2, 0.25) is 0 Å². The van der Waals surface area contributed by atoms with Gasteiger partial charge in [-0.2, -0.15) is 0 Å². The molecule has 0 aromatic carbocycles. The summed E-state index contributed by atoms with van der Waals surface area (Å²) in [5.41, 5.74) is 0. The van der Waals surface area contributed by atoms with E-state index < -0.39 is 26.4 Å². The van der Waals surface area contributed by atoms with Gasteiger partial charge in [0, 0.05) is 14.2 Å². The number of carboxylic acid groups (broad SMARTS) is 2. The second-order valence-electron chi connectivity index (χ2n) is 4.77. The van der Waals surface area contributed by atoms with Crippen LogP contribution in [0, 0.1) is 5.92 Å². The van der Waals surface area contributed by atoms with Gasteiger partial charge in [-0.3, -0.25) is 9.59 Å². The number of carbonyl (C=O) groups is 2. The molecule has 0 saturated heterocycles. The molecule has 0 heterocycles. The van der Waals surface area contributed by atoms with Crippen molar-refractivity contribution in [3.05, 3.63) is 0 Å². The average Bonchev–Trinajstić information content (AvgIpc) is 2.36. The Labute approximate surface area is 115 Å². The van der Waals surface area contributed by atoms with Gasteiger partial charge < -0.3 is 19.1 Å². The summed E-state index contributed by atoms with van der Waals surface area (Å²) in [6.07, 6.45) is 2.57. The summed E-state index contributed by atoms with van der Waals surface area (Å²) in [7, 11) is 1.25. The number of unbranched alkanes of at least 4 members (excludes halogenated alkanes) is 2. The van der Waals surface area contributed by atoms with Crippen LogP contribution < -0.4 is 0 Å². The van der Waals surface area contributed by atoms with Crippen molar-refractivity contribution in [1.82, 2.24) is 0 Å². The standard InChI is InChI=1S/C12H24O6Si/c1-17-19(3,18-2)8-6-4-5-7-10(12(15)16)9-11(13)14/h10H,4-9H2,1-3H3,(H,13,14)(H,15,16). The van der Waals surface area contributed by atoms with Gasteiger partial charge in [0.1, 0.15) is 0 Å². The fourth-order valence-electron chi connectivity index (χ4n) is 1.82. The third-order valence-electron chi connectivity index (χ3n) is 3.32. The van der Waals surface area contributed by atoms with E-state index in [2.05, 4.69) is 0 Å². The molecule has 0 bridgehead atoms. The fourth-order valence-corrected chi connectivity index (χ4v) is 3.29. The van der Waals surface area contributed by atoms with Gasteiger partial charge in [-0.05, 0) is 19.0 Å². The van der Waals surface area contributed by atoms with Crippen LogP contribution in [0.3, 0.4) is 0 Å². The molecule has 2 N–H and O–H groups in total. The molecule has 19 heavy (non-hydrogen) atoms. The molecule has 0 aromatic heterocycles. The van der Waals surface area contributed by atoms with Crippen molar-refractivity contribution < 1.29 is 28.7 Å². The molecule has 0 saturated carbocycles. The number of aliphatic carboxylic acids is 2. The first-order valence-corrected chi connectivity index (χ1v) is 8.92. The van der Waals surface area contributed by atoms with E-state index in [0.29, 0.717) is 12.8 Å². The highest BCUT2D eigenvalue weighted by Gasteiger charge is 2.27. The minimum absolute atomic E-state index is 0.308. The Morgan fingerprint density at radius 1 is 1.11 bits per heavy atom. The molecule has 0 radical (unpaired) electrons. The second kappa shape index (κ2) is 9.06. The van der Waals surface area contributed by atoms with Gasteiger partial charge in [-0.15, -0.1) is 0 Å². The fraction of sp³-hybridized carbons (Fsp3) is 0.833. The van der Waals surface area contributed by atoms with Crippen molar-refractivity contribution in [2.75, 3.05) is 14.2 Å². The average molecular weight is 292 g/mol. The first-order chi connectivity index (χ1) is 8.84. The van der Waals surface area contributed by atoms with Crippen molar-refractivity contribution in [1.29, 1.82) is 0 Å². The van der Waals surface area contributed by atoms with E-state index >= 15 is 0 Å². The van der Waals surface area contributed by atoms with E-state index in [1.54, 1.807) is 14.2 Å². The predicted molar refractivity (Wildman–Crippen MR) is 72.3 cm³/mol. The van der Waals surface area contributed by atoms with Crippen molar-refractivity contribution in [2.24, 2.45) is 5.92 Å². The summed E-state index contributed by atoms with van der Waals surface area (Å²) in [4.78, 5) is 21.4.